The number of aliphatic hydroxyl groups excluding tert-OH is 1. The first-order chi connectivity index (χ1) is 17.8. The van der Waals surface area contributed by atoms with Crippen LogP contribution in [0.5, 0.6) is 5.75 Å². The van der Waals surface area contributed by atoms with Crippen LogP contribution >= 0.6 is 11.8 Å². The average molecular weight is 537 g/mol. The molecule has 1 aliphatic rings. The highest BCUT2D eigenvalue weighted by Crippen LogP contribution is 2.37. The van der Waals surface area contributed by atoms with Gasteiger partial charge in [0.2, 0.25) is 0 Å². The molecule has 2 heterocycles. The van der Waals surface area contributed by atoms with E-state index in [1.807, 2.05) is 12.1 Å². The molecule has 4 rings (SSSR count). The number of ether oxygens (including phenoxy) is 1. The molecule has 37 heavy (non-hydrogen) atoms. The van der Waals surface area contributed by atoms with Crippen molar-refractivity contribution in [3.8, 4) is 5.75 Å². The number of halogens is 4. The molecular weight excluding hydrogens is 504 g/mol. The molecule has 200 valence electrons. The van der Waals surface area contributed by atoms with Gasteiger partial charge in [-0.15, -0.1) is 11.8 Å². The van der Waals surface area contributed by atoms with E-state index >= 15 is 4.39 Å². The van der Waals surface area contributed by atoms with Crippen molar-refractivity contribution in [2.24, 2.45) is 11.8 Å². The minimum absolute atomic E-state index is 0.0115. The van der Waals surface area contributed by atoms with E-state index in [-0.39, 0.29) is 23.3 Å². The standard InChI is InChI=1S/C28H32F4N2O2S/c1-36-21-7-9-26-23(16-21)22(10-12-33-26)25(29)8-6-19-11-13-34(17-20(19)18-35)14-15-37-27-5-3-2-4-24(27)28(30,31)32/h2-5,7,9-10,12,16,19-20,25,35H,6,8,11,13-15,17-18H2,1H3/t19-,20-,25-/m1/s1. The number of piperidine rings is 1. The molecule has 0 bridgehead atoms. The number of rotatable bonds is 10. The highest BCUT2D eigenvalue weighted by Gasteiger charge is 2.33. The summed E-state index contributed by atoms with van der Waals surface area (Å²) in [4.78, 5) is 6.75. The predicted octanol–water partition coefficient (Wildman–Crippen LogP) is 6.78. The number of benzene rings is 2. The first kappa shape index (κ1) is 27.7. The van der Waals surface area contributed by atoms with Crippen molar-refractivity contribution in [3.05, 3.63) is 65.9 Å². The van der Waals surface area contributed by atoms with Crippen molar-refractivity contribution in [2.45, 2.75) is 36.5 Å². The zero-order chi connectivity index (χ0) is 26.4. The number of thioether (sulfide) groups is 1. The predicted molar refractivity (Wildman–Crippen MR) is 139 cm³/mol. The first-order valence-corrected chi connectivity index (χ1v) is 13.5. The highest BCUT2D eigenvalue weighted by molar-refractivity contribution is 7.99. The van der Waals surface area contributed by atoms with Crippen molar-refractivity contribution >= 4 is 22.7 Å². The smallest absolute Gasteiger partial charge is 0.417 e. The topological polar surface area (TPSA) is 45.6 Å². The summed E-state index contributed by atoms with van der Waals surface area (Å²) in [6, 6.07) is 12.8. The lowest BCUT2D eigenvalue weighted by Crippen LogP contribution is -2.43. The van der Waals surface area contributed by atoms with Crippen molar-refractivity contribution in [2.75, 3.05) is 39.1 Å². The maximum absolute atomic E-state index is 15.4. The molecule has 0 unspecified atom stereocenters. The lowest BCUT2D eigenvalue weighted by Gasteiger charge is -2.38. The summed E-state index contributed by atoms with van der Waals surface area (Å²) < 4.78 is 60.4. The quantitative estimate of drug-likeness (QED) is 0.229. The minimum Gasteiger partial charge on any atom is -0.497 e. The van der Waals surface area contributed by atoms with E-state index in [0.29, 0.717) is 43.0 Å². The van der Waals surface area contributed by atoms with Crippen LogP contribution in [0.1, 0.15) is 36.6 Å². The van der Waals surface area contributed by atoms with E-state index in [9.17, 15) is 18.3 Å². The van der Waals surface area contributed by atoms with Gasteiger partial charge in [0.05, 0.1) is 18.2 Å². The summed E-state index contributed by atoms with van der Waals surface area (Å²) in [6.45, 7) is 2.10. The Labute approximate surface area is 219 Å². The van der Waals surface area contributed by atoms with E-state index in [4.69, 9.17) is 4.74 Å². The summed E-state index contributed by atoms with van der Waals surface area (Å²) in [5, 5.41) is 10.8. The molecule has 1 N–H and O–H groups in total. The average Bonchev–Trinajstić information content (AvgIpc) is 2.91. The van der Waals surface area contributed by atoms with Crippen molar-refractivity contribution in [1.82, 2.24) is 9.88 Å². The largest absolute Gasteiger partial charge is 0.497 e. The highest BCUT2D eigenvalue weighted by atomic mass is 32.2. The van der Waals surface area contributed by atoms with E-state index in [2.05, 4.69) is 9.88 Å². The molecule has 0 amide bonds. The normalized spacial score (nSPS) is 19.7. The lowest BCUT2D eigenvalue weighted by atomic mass is 9.81. The van der Waals surface area contributed by atoms with E-state index < -0.39 is 17.9 Å². The monoisotopic (exact) mass is 536 g/mol. The van der Waals surface area contributed by atoms with Crippen LogP contribution in [0.4, 0.5) is 17.6 Å². The first-order valence-electron chi connectivity index (χ1n) is 12.5. The van der Waals surface area contributed by atoms with Gasteiger partial charge >= 0.3 is 6.18 Å². The Hall–Kier alpha value is -2.36. The Morgan fingerprint density at radius 3 is 2.73 bits per heavy atom. The number of fused-ring (bicyclic) bond motifs is 1. The fourth-order valence-electron chi connectivity index (χ4n) is 5.12. The number of pyridine rings is 1. The second kappa shape index (κ2) is 12.5. The molecule has 4 nitrogen and oxygen atoms in total. The van der Waals surface area contributed by atoms with Gasteiger partial charge in [-0.05, 0) is 79.6 Å². The molecule has 9 heteroatoms. The Morgan fingerprint density at radius 2 is 1.97 bits per heavy atom. The van der Waals surface area contributed by atoms with E-state index in [0.717, 1.165) is 29.9 Å². The summed E-state index contributed by atoms with van der Waals surface area (Å²) in [5.74, 6) is 1.39. The fourth-order valence-corrected chi connectivity index (χ4v) is 6.20. The number of hydrogen-bond donors (Lipinski definition) is 1. The third-order valence-corrected chi connectivity index (χ3v) is 8.23. The molecule has 0 spiro atoms. The van der Waals surface area contributed by atoms with Crippen LogP contribution in [-0.4, -0.2) is 54.1 Å². The number of alkyl halides is 4. The van der Waals surface area contributed by atoms with Crippen molar-refractivity contribution < 1.29 is 27.4 Å². The maximum atomic E-state index is 15.4. The van der Waals surface area contributed by atoms with Gasteiger partial charge in [0.1, 0.15) is 11.9 Å². The van der Waals surface area contributed by atoms with Crippen LogP contribution in [0, 0.1) is 11.8 Å². The Balaban J connectivity index is 1.30. The molecule has 1 saturated heterocycles. The molecule has 0 saturated carbocycles. The summed E-state index contributed by atoms with van der Waals surface area (Å²) in [6.07, 6.45) is -2.07. The number of likely N-dealkylation sites (tertiary alicyclic amines) is 1. The zero-order valence-corrected chi connectivity index (χ0v) is 21.6. The van der Waals surface area contributed by atoms with Crippen LogP contribution in [0.15, 0.2) is 59.6 Å². The van der Waals surface area contributed by atoms with Gasteiger partial charge in [0, 0.05) is 41.9 Å². The van der Waals surface area contributed by atoms with Gasteiger partial charge in [0.15, 0.2) is 0 Å². The lowest BCUT2D eigenvalue weighted by molar-refractivity contribution is -0.139. The van der Waals surface area contributed by atoms with Crippen LogP contribution in [0.25, 0.3) is 10.9 Å². The molecule has 3 aromatic rings. The Bertz CT molecular complexity index is 1180. The van der Waals surface area contributed by atoms with Crippen LogP contribution in [0.3, 0.4) is 0 Å². The van der Waals surface area contributed by atoms with Gasteiger partial charge in [-0.2, -0.15) is 13.2 Å². The Kier molecular flexibility index (Phi) is 9.31. The van der Waals surface area contributed by atoms with Crippen molar-refractivity contribution in [3.63, 3.8) is 0 Å². The van der Waals surface area contributed by atoms with E-state index in [1.165, 1.54) is 23.9 Å². The molecule has 0 radical (unpaired) electrons. The fraction of sp³-hybridized carbons (Fsp3) is 0.464. The molecule has 2 aromatic carbocycles. The van der Waals surface area contributed by atoms with Gasteiger partial charge in [-0.3, -0.25) is 4.98 Å². The van der Waals surface area contributed by atoms with Crippen LogP contribution in [-0.2, 0) is 6.18 Å². The SMILES string of the molecule is COc1ccc2nccc([C@H](F)CC[C@@H]3CCN(CCSc4ccccc4C(F)(F)F)C[C@@H]3CO)c2c1. The third-order valence-electron chi connectivity index (χ3n) is 7.18. The molecule has 1 fully saturated rings. The van der Waals surface area contributed by atoms with Gasteiger partial charge in [-0.1, -0.05) is 12.1 Å². The van der Waals surface area contributed by atoms with E-state index in [1.54, 1.807) is 31.5 Å². The third kappa shape index (κ3) is 6.94. The number of nitrogens with zero attached hydrogens (tertiary/aromatic N) is 2. The number of aromatic nitrogens is 1. The molecule has 3 atom stereocenters. The molecule has 1 aromatic heterocycles. The van der Waals surface area contributed by atoms with Crippen molar-refractivity contribution in [1.29, 1.82) is 0 Å². The summed E-state index contributed by atoms with van der Waals surface area (Å²) in [7, 11) is 1.58. The van der Waals surface area contributed by atoms with Gasteiger partial charge < -0.3 is 14.7 Å². The Morgan fingerprint density at radius 1 is 1.16 bits per heavy atom. The second-order valence-corrected chi connectivity index (χ2v) is 10.6. The maximum Gasteiger partial charge on any atom is 0.417 e. The number of methoxy groups -OCH3 is 1. The summed E-state index contributed by atoms with van der Waals surface area (Å²) >= 11 is 1.20. The molecule has 1 aliphatic heterocycles. The van der Waals surface area contributed by atoms with Crippen LogP contribution < -0.4 is 4.74 Å². The van der Waals surface area contributed by atoms with Gasteiger partial charge in [0.25, 0.3) is 0 Å². The van der Waals surface area contributed by atoms with Gasteiger partial charge in [-0.25, -0.2) is 4.39 Å². The minimum atomic E-state index is -4.37. The summed E-state index contributed by atoms with van der Waals surface area (Å²) in [5.41, 5.74) is 0.712. The number of hydrogen-bond acceptors (Lipinski definition) is 5. The van der Waals surface area contributed by atoms with Crippen LogP contribution in [0.2, 0.25) is 0 Å². The molecule has 0 aliphatic carbocycles. The molecular formula is C28H32F4N2O2S. The number of aliphatic hydroxyl groups is 1. The second-order valence-electron chi connectivity index (χ2n) is 9.46. The zero-order valence-electron chi connectivity index (χ0n) is 20.8.